The number of nitrogens with two attached hydrogens (primary N) is 1. The number of piperidine rings is 1. The minimum absolute atomic E-state index is 0. The Labute approximate surface area is 137 Å². The lowest BCUT2D eigenvalue weighted by Crippen LogP contribution is -2.54. The van der Waals surface area contributed by atoms with Crippen LogP contribution >= 0.6 is 12.4 Å². The molecule has 1 fully saturated rings. The molecule has 1 atom stereocenters. The SMILES string of the molecule is CC1(C)CN(C(=O)c2cccc3ccccc23)CCC1N.Cl. The first-order valence-electron chi connectivity index (χ1n) is 7.52. The first-order valence-corrected chi connectivity index (χ1v) is 7.52. The standard InChI is InChI=1S/C18H22N2O.ClH/c1-18(2)12-20(11-10-16(18)19)17(21)15-9-5-7-13-6-3-4-8-14(13)15;/h3-9,16H,10-12,19H2,1-2H3;1H. The van der Waals surface area contributed by atoms with Crippen LogP contribution in [0.1, 0.15) is 30.6 Å². The van der Waals surface area contributed by atoms with Crippen molar-refractivity contribution in [2.75, 3.05) is 13.1 Å². The third kappa shape index (κ3) is 2.96. The summed E-state index contributed by atoms with van der Waals surface area (Å²) >= 11 is 0. The van der Waals surface area contributed by atoms with Gasteiger partial charge >= 0.3 is 0 Å². The second-order valence-electron chi connectivity index (χ2n) is 6.64. The van der Waals surface area contributed by atoms with Crippen LogP contribution < -0.4 is 5.73 Å². The van der Waals surface area contributed by atoms with E-state index in [1.165, 1.54) is 0 Å². The Bertz CT molecular complexity index is 678. The normalized spacial score (nSPS) is 20.5. The van der Waals surface area contributed by atoms with E-state index in [0.717, 1.165) is 35.8 Å². The van der Waals surface area contributed by atoms with E-state index in [4.69, 9.17) is 5.73 Å². The molecule has 0 aromatic heterocycles. The van der Waals surface area contributed by atoms with Crippen molar-refractivity contribution in [1.29, 1.82) is 0 Å². The zero-order valence-corrected chi connectivity index (χ0v) is 13.9. The van der Waals surface area contributed by atoms with Gasteiger partial charge in [-0.25, -0.2) is 0 Å². The molecule has 3 nitrogen and oxygen atoms in total. The van der Waals surface area contributed by atoms with Crippen LogP contribution in [0.3, 0.4) is 0 Å². The van der Waals surface area contributed by atoms with Crippen LogP contribution in [0, 0.1) is 5.41 Å². The Hall–Kier alpha value is -1.58. The van der Waals surface area contributed by atoms with Crippen molar-refractivity contribution in [1.82, 2.24) is 4.90 Å². The molecule has 0 saturated carbocycles. The fourth-order valence-corrected chi connectivity index (χ4v) is 3.13. The molecule has 3 rings (SSSR count). The molecule has 1 aliphatic heterocycles. The number of nitrogens with zero attached hydrogens (tertiary/aromatic N) is 1. The number of carbonyl (C=O) groups excluding carboxylic acids is 1. The third-order valence-electron chi connectivity index (χ3n) is 4.62. The Balaban J connectivity index is 0.00000176. The highest BCUT2D eigenvalue weighted by Crippen LogP contribution is 2.29. The van der Waals surface area contributed by atoms with Gasteiger partial charge in [-0.1, -0.05) is 50.2 Å². The number of benzene rings is 2. The van der Waals surface area contributed by atoms with Crippen molar-refractivity contribution >= 4 is 29.1 Å². The van der Waals surface area contributed by atoms with Crippen molar-refractivity contribution in [3.05, 3.63) is 48.0 Å². The van der Waals surface area contributed by atoms with Gasteiger partial charge in [0.05, 0.1) is 0 Å². The zero-order chi connectivity index (χ0) is 15.0. The van der Waals surface area contributed by atoms with Gasteiger partial charge in [0.25, 0.3) is 5.91 Å². The van der Waals surface area contributed by atoms with Crippen molar-refractivity contribution in [2.24, 2.45) is 11.1 Å². The smallest absolute Gasteiger partial charge is 0.254 e. The molecule has 0 bridgehead atoms. The molecule has 1 unspecified atom stereocenters. The molecule has 1 amide bonds. The summed E-state index contributed by atoms with van der Waals surface area (Å²) in [6.07, 6.45) is 0.865. The summed E-state index contributed by atoms with van der Waals surface area (Å²) in [4.78, 5) is 14.8. The van der Waals surface area contributed by atoms with Gasteiger partial charge in [-0.2, -0.15) is 0 Å². The molecule has 2 aromatic carbocycles. The highest BCUT2D eigenvalue weighted by Gasteiger charge is 2.35. The summed E-state index contributed by atoms with van der Waals surface area (Å²) in [5.41, 5.74) is 6.93. The van der Waals surface area contributed by atoms with Crippen molar-refractivity contribution in [3.63, 3.8) is 0 Å². The molecular weight excluding hydrogens is 296 g/mol. The maximum absolute atomic E-state index is 12.9. The Morgan fingerprint density at radius 1 is 1.18 bits per heavy atom. The fourth-order valence-electron chi connectivity index (χ4n) is 3.13. The topological polar surface area (TPSA) is 46.3 Å². The van der Waals surface area contributed by atoms with E-state index in [0.29, 0.717) is 0 Å². The summed E-state index contributed by atoms with van der Waals surface area (Å²) in [6, 6.07) is 14.1. The van der Waals surface area contributed by atoms with Crippen LogP contribution in [0.25, 0.3) is 10.8 Å². The third-order valence-corrected chi connectivity index (χ3v) is 4.62. The molecule has 118 valence electrons. The van der Waals surface area contributed by atoms with Crippen LogP contribution in [-0.4, -0.2) is 29.9 Å². The molecule has 0 radical (unpaired) electrons. The number of hydrogen-bond donors (Lipinski definition) is 1. The van der Waals surface area contributed by atoms with Gasteiger partial charge in [0.15, 0.2) is 0 Å². The minimum Gasteiger partial charge on any atom is -0.338 e. The number of halogens is 1. The summed E-state index contributed by atoms with van der Waals surface area (Å²) in [5, 5.41) is 2.13. The van der Waals surface area contributed by atoms with E-state index in [9.17, 15) is 4.79 Å². The number of rotatable bonds is 1. The van der Waals surface area contributed by atoms with Gasteiger partial charge in [-0.3, -0.25) is 4.79 Å². The molecular formula is C18H23ClN2O. The largest absolute Gasteiger partial charge is 0.338 e. The number of hydrogen-bond acceptors (Lipinski definition) is 2. The van der Waals surface area contributed by atoms with Crippen molar-refractivity contribution in [2.45, 2.75) is 26.3 Å². The molecule has 0 spiro atoms. The second kappa shape index (κ2) is 6.27. The van der Waals surface area contributed by atoms with Gasteiger partial charge in [-0.15, -0.1) is 12.4 Å². The molecule has 1 heterocycles. The van der Waals surface area contributed by atoms with E-state index in [2.05, 4.69) is 13.8 Å². The average molecular weight is 319 g/mol. The van der Waals surface area contributed by atoms with Crippen LogP contribution in [0.15, 0.2) is 42.5 Å². The summed E-state index contributed by atoms with van der Waals surface area (Å²) < 4.78 is 0. The van der Waals surface area contributed by atoms with Crippen molar-refractivity contribution in [3.8, 4) is 0 Å². The monoisotopic (exact) mass is 318 g/mol. The van der Waals surface area contributed by atoms with E-state index in [-0.39, 0.29) is 29.8 Å². The molecule has 22 heavy (non-hydrogen) atoms. The maximum Gasteiger partial charge on any atom is 0.254 e. The van der Waals surface area contributed by atoms with E-state index >= 15 is 0 Å². The number of carbonyl (C=O) groups is 1. The van der Waals surface area contributed by atoms with E-state index < -0.39 is 0 Å². The molecule has 2 N–H and O–H groups in total. The van der Waals surface area contributed by atoms with Gasteiger partial charge in [0.1, 0.15) is 0 Å². The van der Waals surface area contributed by atoms with Gasteiger partial charge in [-0.05, 0) is 28.7 Å². The molecule has 0 aliphatic carbocycles. The second-order valence-corrected chi connectivity index (χ2v) is 6.64. The van der Waals surface area contributed by atoms with Gasteiger partial charge < -0.3 is 10.6 Å². The minimum atomic E-state index is -0.0293. The molecule has 2 aromatic rings. The highest BCUT2D eigenvalue weighted by atomic mass is 35.5. The fraction of sp³-hybridized carbons (Fsp3) is 0.389. The number of amides is 1. The molecule has 4 heteroatoms. The molecule has 1 saturated heterocycles. The zero-order valence-electron chi connectivity index (χ0n) is 13.1. The quantitative estimate of drug-likeness (QED) is 0.875. The highest BCUT2D eigenvalue weighted by molar-refractivity contribution is 6.07. The summed E-state index contributed by atoms with van der Waals surface area (Å²) in [6.45, 7) is 5.74. The molecule has 1 aliphatic rings. The lowest BCUT2D eigenvalue weighted by atomic mass is 9.79. The Kier molecular flexibility index (Phi) is 4.78. The van der Waals surface area contributed by atoms with Crippen LogP contribution in [0.4, 0.5) is 0 Å². The summed E-state index contributed by atoms with van der Waals surface area (Å²) in [7, 11) is 0. The average Bonchev–Trinajstić information content (AvgIpc) is 2.48. The van der Waals surface area contributed by atoms with E-state index in [1.807, 2.05) is 47.4 Å². The van der Waals surface area contributed by atoms with Crippen LogP contribution in [-0.2, 0) is 0 Å². The number of likely N-dealkylation sites (tertiary alicyclic amines) is 1. The predicted molar refractivity (Wildman–Crippen MR) is 93.5 cm³/mol. The van der Waals surface area contributed by atoms with Crippen LogP contribution in [0.2, 0.25) is 0 Å². The predicted octanol–water partition coefficient (Wildman–Crippen LogP) is 3.46. The van der Waals surface area contributed by atoms with Crippen molar-refractivity contribution < 1.29 is 4.79 Å². The first-order chi connectivity index (χ1) is 9.99. The van der Waals surface area contributed by atoms with Gasteiger partial charge in [0.2, 0.25) is 0 Å². The maximum atomic E-state index is 12.9. The van der Waals surface area contributed by atoms with E-state index in [1.54, 1.807) is 0 Å². The lowest BCUT2D eigenvalue weighted by Gasteiger charge is -2.42. The summed E-state index contributed by atoms with van der Waals surface area (Å²) in [5.74, 6) is 0.117. The number of fused-ring (bicyclic) bond motifs is 1. The Morgan fingerprint density at radius 2 is 1.86 bits per heavy atom. The lowest BCUT2D eigenvalue weighted by molar-refractivity contribution is 0.0535. The first kappa shape index (κ1) is 16.8. The van der Waals surface area contributed by atoms with Crippen LogP contribution in [0.5, 0.6) is 0 Å². The van der Waals surface area contributed by atoms with Gasteiger partial charge in [0, 0.05) is 24.7 Å². The Morgan fingerprint density at radius 3 is 2.59 bits per heavy atom.